The first-order valence-corrected chi connectivity index (χ1v) is 10.4. The minimum absolute atomic E-state index is 0.311. The van der Waals surface area contributed by atoms with Gasteiger partial charge in [-0.1, -0.05) is 24.3 Å². The summed E-state index contributed by atoms with van der Waals surface area (Å²) in [5.41, 5.74) is 2.77. The number of fused-ring (bicyclic) bond motifs is 2. The predicted octanol–water partition coefficient (Wildman–Crippen LogP) is 4.36. The van der Waals surface area contributed by atoms with Crippen LogP contribution in [0.2, 0.25) is 0 Å². The molecule has 1 N–H and O–H groups in total. The van der Waals surface area contributed by atoms with Crippen molar-refractivity contribution in [2.75, 3.05) is 13.2 Å². The third-order valence-corrected chi connectivity index (χ3v) is 6.58. The van der Waals surface area contributed by atoms with Crippen molar-refractivity contribution < 1.29 is 13.9 Å². The monoisotopic (exact) mass is 384 g/mol. The van der Waals surface area contributed by atoms with Crippen LogP contribution in [0, 0.1) is 29.6 Å². The average molecular weight is 384 g/mol. The van der Waals surface area contributed by atoms with Gasteiger partial charge in [-0.05, 0) is 61.5 Å². The van der Waals surface area contributed by atoms with Crippen LogP contribution in [0.5, 0.6) is 0 Å². The van der Waals surface area contributed by atoms with Crippen molar-refractivity contribution in [1.82, 2.24) is 5.32 Å². The van der Waals surface area contributed by atoms with E-state index in [1.165, 1.54) is 0 Å². The molecule has 2 saturated carbocycles. The number of hydrogen-bond acceptors (Lipinski definition) is 4. The second-order valence-electron chi connectivity index (χ2n) is 8.13. The first-order valence-electron chi connectivity index (χ1n) is 10.4. The molecule has 28 heavy (non-hydrogen) atoms. The van der Waals surface area contributed by atoms with Gasteiger partial charge in [0.05, 0.1) is 12.3 Å². The van der Waals surface area contributed by atoms with E-state index in [9.17, 15) is 9.18 Å². The molecule has 4 rings (SSSR count). The van der Waals surface area contributed by atoms with Crippen molar-refractivity contribution in [3.8, 4) is 0 Å². The van der Waals surface area contributed by atoms with Crippen LogP contribution >= 0.6 is 0 Å². The Kier molecular flexibility index (Phi) is 5.74. The van der Waals surface area contributed by atoms with Crippen molar-refractivity contribution >= 4 is 18.0 Å². The Morgan fingerprint density at radius 3 is 2.64 bits per heavy atom. The van der Waals surface area contributed by atoms with Crippen molar-refractivity contribution in [2.45, 2.75) is 39.3 Å². The molecule has 150 valence electrons. The summed E-state index contributed by atoms with van der Waals surface area (Å²) < 4.78 is 18.2. The quantitative estimate of drug-likeness (QED) is 0.820. The highest BCUT2D eigenvalue weighted by Gasteiger charge is 2.51. The molecule has 1 amide bonds. The van der Waals surface area contributed by atoms with Gasteiger partial charge in [0, 0.05) is 24.6 Å². The van der Waals surface area contributed by atoms with Gasteiger partial charge >= 0.3 is 6.09 Å². The number of nitrogens with zero attached hydrogens (tertiary/aromatic N) is 2. The molecule has 5 nitrogen and oxygen atoms in total. The largest absolute Gasteiger partial charge is 0.449 e. The summed E-state index contributed by atoms with van der Waals surface area (Å²) in [6, 6.07) is 7.60. The Bertz CT molecular complexity index is 762. The number of halogens is 1. The lowest BCUT2D eigenvalue weighted by atomic mass is 9.77. The molecule has 1 heterocycles. The number of ether oxygens (including phenoxy) is 1. The number of alkyl carbamates (subject to hydrolysis) is 1. The van der Waals surface area contributed by atoms with E-state index in [4.69, 9.17) is 4.74 Å². The zero-order chi connectivity index (χ0) is 19.5. The molecule has 0 spiro atoms. The van der Waals surface area contributed by atoms with Crippen LogP contribution in [-0.4, -0.2) is 31.2 Å². The number of carbonyl (C=O) groups excluding carboxylic acids is 1. The molecule has 0 bridgehead atoms. The molecule has 1 aromatic carbocycles. The summed E-state index contributed by atoms with van der Waals surface area (Å²) in [6.07, 6.45) is 6.13. The van der Waals surface area contributed by atoms with E-state index < -0.39 is 6.67 Å². The number of alkyl halides is 1. The van der Waals surface area contributed by atoms with Crippen LogP contribution in [-0.2, 0) is 11.4 Å². The van der Waals surface area contributed by atoms with Crippen LogP contribution in [0.4, 0.5) is 9.18 Å². The van der Waals surface area contributed by atoms with Gasteiger partial charge in [0.15, 0.2) is 0 Å². The van der Waals surface area contributed by atoms with Crippen LogP contribution in [0.1, 0.15) is 43.7 Å². The molecule has 1 aliphatic heterocycles. The SMILES string of the molecule is CCNC(=O)OC[C@H]1[C@@H]2CC[C@@H]3C(c4ccc(C[18F])cc4)=NN=C[C@H]3CC[C@@H]21. The highest BCUT2D eigenvalue weighted by Crippen LogP contribution is 2.55. The maximum Gasteiger partial charge on any atom is 0.407 e. The fraction of sp³-hybridized carbons (Fsp3) is 0.591. The zero-order valence-electron chi connectivity index (χ0n) is 16.3. The molecule has 0 aromatic heterocycles. The standard InChI is InChI=1S/C22H28FN3O2/c1-2-24-22(27)28-13-20-18-8-7-16-12-25-26-21(17(16)9-10-19(18)20)15-5-3-14(11-23)4-6-15/h3-6,12,16-20H,2,7-11,13H2,1H3,(H,24,27)/t16-,17+,18+,19-,20-/m1/s1/i23-1. The lowest BCUT2D eigenvalue weighted by Gasteiger charge is -2.29. The van der Waals surface area contributed by atoms with E-state index in [1.807, 2.05) is 37.4 Å². The number of benzene rings is 1. The summed E-state index contributed by atoms with van der Waals surface area (Å²) in [4.78, 5) is 11.6. The van der Waals surface area contributed by atoms with Crippen molar-refractivity contribution in [3.63, 3.8) is 0 Å². The van der Waals surface area contributed by atoms with Gasteiger partial charge in [-0.3, -0.25) is 0 Å². The number of nitrogens with one attached hydrogen (secondary N) is 1. The summed E-state index contributed by atoms with van der Waals surface area (Å²) in [6.45, 7) is 2.56. The van der Waals surface area contributed by atoms with Crippen molar-refractivity contribution in [3.05, 3.63) is 35.4 Å². The number of hydrogen-bond donors (Lipinski definition) is 1. The van der Waals surface area contributed by atoms with E-state index in [0.717, 1.165) is 37.0 Å². The fourth-order valence-electron chi connectivity index (χ4n) is 4.98. The Balaban J connectivity index is 1.40. The summed E-state index contributed by atoms with van der Waals surface area (Å²) in [5, 5.41) is 11.4. The predicted molar refractivity (Wildman–Crippen MR) is 107 cm³/mol. The maximum absolute atomic E-state index is 12.8. The second-order valence-corrected chi connectivity index (χ2v) is 8.13. The minimum Gasteiger partial charge on any atom is -0.449 e. The Hall–Kier alpha value is -2.24. The summed E-state index contributed by atoms with van der Waals surface area (Å²) in [7, 11) is 0. The highest BCUT2D eigenvalue weighted by atomic mass is 18.2. The van der Waals surface area contributed by atoms with Crippen LogP contribution in [0.15, 0.2) is 34.5 Å². The normalized spacial score (nSPS) is 30.9. The Morgan fingerprint density at radius 1 is 1.18 bits per heavy atom. The van der Waals surface area contributed by atoms with E-state index >= 15 is 0 Å². The Labute approximate surface area is 165 Å². The molecule has 2 fully saturated rings. The molecule has 5 atom stereocenters. The molecule has 0 unspecified atom stereocenters. The summed E-state index contributed by atoms with van der Waals surface area (Å²) >= 11 is 0. The van der Waals surface area contributed by atoms with Gasteiger partial charge in [0.25, 0.3) is 0 Å². The first kappa shape index (κ1) is 19.1. The van der Waals surface area contributed by atoms with Crippen LogP contribution in [0.25, 0.3) is 0 Å². The van der Waals surface area contributed by atoms with E-state index in [0.29, 0.717) is 48.3 Å². The molecular weight excluding hydrogens is 356 g/mol. The maximum atomic E-state index is 12.8. The first-order chi connectivity index (χ1) is 13.7. The molecule has 0 radical (unpaired) electrons. The number of rotatable bonds is 5. The number of carbonyl (C=O) groups is 1. The van der Waals surface area contributed by atoms with Gasteiger partial charge in [-0.15, -0.1) is 0 Å². The summed E-state index contributed by atoms with van der Waals surface area (Å²) in [5.74, 6) is 2.56. The van der Waals surface area contributed by atoms with E-state index in [-0.39, 0.29) is 6.09 Å². The third-order valence-electron chi connectivity index (χ3n) is 6.58. The van der Waals surface area contributed by atoms with Gasteiger partial charge in [-0.25, -0.2) is 9.18 Å². The third kappa shape index (κ3) is 3.96. The number of amides is 1. The van der Waals surface area contributed by atoms with Gasteiger partial charge in [0.1, 0.15) is 6.67 Å². The molecule has 3 aliphatic rings. The van der Waals surface area contributed by atoms with Crippen molar-refractivity contribution in [1.29, 1.82) is 0 Å². The van der Waals surface area contributed by atoms with Crippen molar-refractivity contribution in [2.24, 2.45) is 39.8 Å². The smallest absolute Gasteiger partial charge is 0.407 e. The van der Waals surface area contributed by atoms with Crippen LogP contribution in [0.3, 0.4) is 0 Å². The topological polar surface area (TPSA) is 63.0 Å². The second kappa shape index (κ2) is 8.41. The molecule has 6 heteroatoms. The van der Waals surface area contributed by atoms with Crippen LogP contribution < -0.4 is 5.32 Å². The highest BCUT2D eigenvalue weighted by molar-refractivity contribution is 6.04. The Morgan fingerprint density at radius 2 is 1.93 bits per heavy atom. The molecule has 0 saturated heterocycles. The molecule has 2 aliphatic carbocycles. The van der Waals surface area contributed by atoms with E-state index in [1.54, 1.807) is 0 Å². The average Bonchev–Trinajstić information content (AvgIpc) is 3.37. The zero-order valence-corrected chi connectivity index (χ0v) is 16.3. The lowest BCUT2D eigenvalue weighted by Crippen LogP contribution is -2.29. The molecule has 1 aromatic rings. The van der Waals surface area contributed by atoms with Gasteiger partial charge in [0.2, 0.25) is 0 Å². The lowest BCUT2D eigenvalue weighted by molar-refractivity contribution is 0.138. The van der Waals surface area contributed by atoms with Gasteiger partial charge in [-0.2, -0.15) is 10.2 Å². The van der Waals surface area contributed by atoms with Gasteiger partial charge < -0.3 is 10.1 Å². The van der Waals surface area contributed by atoms with E-state index in [2.05, 4.69) is 15.5 Å². The molecular formula is C22H28FN3O2. The minimum atomic E-state index is -0.445. The fourth-order valence-corrected chi connectivity index (χ4v) is 4.98.